The molecule has 0 saturated carbocycles. The largest absolute Gasteiger partial charge is 0.366 e. The molecule has 4 rings (SSSR count). The van der Waals surface area contributed by atoms with Gasteiger partial charge in [-0.2, -0.15) is 0 Å². The van der Waals surface area contributed by atoms with E-state index in [2.05, 4.69) is 0 Å². The van der Waals surface area contributed by atoms with E-state index in [4.69, 9.17) is 5.73 Å². The second kappa shape index (κ2) is 6.12. The molecule has 0 aliphatic carbocycles. The Balaban J connectivity index is 2.03. The first-order valence-corrected chi connectivity index (χ1v) is 8.00. The van der Waals surface area contributed by atoms with Crippen LogP contribution in [0.1, 0.15) is 15.9 Å². The van der Waals surface area contributed by atoms with Crippen LogP contribution in [-0.4, -0.2) is 10.5 Å². The minimum Gasteiger partial charge on any atom is -0.366 e. The molecule has 0 radical (unpaired) electrons. The van der Waals surface area contributed by atoms with Gasteiger partial charge in [0, 0.05) is 22.9 Å². The molecule has 0 atom stereocenters. The first-order chi connectivity index (χ1) is 12.9. The van der Waals surface area contributed by atoms with E-state index in [0.717, 1.165) is 12.1 Å². The van der Waals surface area contributed by atoms with Crippen molar-refractivity contribution in [3.8, 4) is 0 Å². The maximum absolute atomic E-state index is 13.8. The molecular formula is C20H12F4N2O. The number of benzene rings is 3. The Labute approximate surface area is 150 Å². The van der Waals surface area contributed by atoms with E-state index >= 15 is 0 Å². The van der Waals surface area contributed by atoms with Gasteiger partial charge in [-0.1, -0.05) is 6.07 Å². The molecule has 136 valence electrons. The van der Waals surface area contributed by atoms with Gasteiger partial charge in [0.15, 0.2) is 17.5 Å². The van der Waals surface area contributed by atoms with Crippen LogP contribution in [-0.2, 0) is 6.54 Å². The van der Waals surface area contributed by atoms with E-state index in [1.165, 1.54) is 18.2 Å². The van der Waals surface area contributed by atoms with Crippen LogP contribution in [0.4, 0.5) is 17.6 Å². The van der Waals surface area contributed by atoms with Crippen molar-refractivity contribution in [3.63, 3.8) is 0 Å². The van der Waals surface area contributed by atoms with Crippen molar-refractivity contribution in [2.45, 2.75) is 6.54 Å². The van der Waals surface area contributed by atoms with E-state index in [0.29, 0.717) is 21.8 Å². The number of carbonyl (C=O) groups excluding carboxylic acids is 1. The molecule has 1 heterocycles. The number of fused-ring (bicyclic) bond motifs is 3. The molecule has 0 unspecified atom stereocenters. The molecule has 2 N–H and O–H groups in total. The van der Waals surface area contributed by atoms with Crippen LogP contribution in [0.15, 0.2) is 48.5 Å². The molecule has 4 aromatic rings. The molecule has 0 bridgehead atoms. The van der Waals surface area contributed by atoms with Gasteiger partial charge in [-0.25, -0.2) is 17.6 Å². The summed E-state index contributed by atoms with van der Waals surface area (Å²) >= 11 is 0. The van der Waals surface area contributed by atoms with E-state index in [9.17, 15) is 22.4 Å². The van der Waals surface area contributed by atoms with Crippen LogP contribution in [0.25, 0.3) is 21.8 Å². The highest BCUT2D eigenvalue weighted by Gasteiger charge is 2.18. The maximum atomic E-state index is 13.8. The van der Waals surface area contributed by atoms with Gasteiger partial charge in [0.25, 0.3) is 0 Å². The van der Waals surface area contributed by atoms with Gasteiger partial charge in [0.05, 0.1) is 11.0 Å². The van der Waals surface area contributed by atoms with Crippen molar-refractivity contribution in [2.24, 2.45) is 5.73 Å². The van der Waals surface area contributed by atoms with E-state index in [1.807, 2.05) is 0 Å². The summed E-state index contributed by atoms with van der Waals surface area (Å²) in [4.78, 5) is 11.8. The van der Waals surface area contributed by atoms with Crippen molar-refractivity contribution < 1.29 is 22.4 Å². The molecule has 1 aromatic heterocycles. The molecule has 0 saturated heterocycles. The summed E-state index contributed by atoms with van der Waals surface area (Å²) in [6, 6.07) is 10.6. The number of nitrogens with two attached hydrogens (primary N) is 1. The van der Waals surface area contributed by atoms with Gasteiger partial charge in [0.1, 0.15) is 5.82 Å². The Morgan fingerprint density at radius 3 is 2.30 bits per heavy atom. The Morgan fingerprint density at radius 2 is 1.63 bits per heavy atom. The third kappa shape index (κ3) is 2.71. The highest BCUT2D eigenvalue weighted by molar-refractivity contribution is 6.17. The van der Waals surface area contributed by atoms with Gasteiger partial charge in [0.2, 0.25) is 5.91 Å². The number of primary amides is 1. The van der Waals surface area contributed by atoms with Crippen molar-refractivity contribution in [1.82, 2.24) is 4.57 Å². The number of carbonyl (C=O) groups is 1. The summed E-state index contributed by atoms with van der Waals surface area (Å²) < 4.78 is 55.9. The highest BCUT2D eigenvalue weighted by Crippen LogP contribution is 2.33. The fourth-order valence-corrected chi connectivity index (χ4v) is 3.37. The summed E-state index contributed by atoms with van der Waals surface area (Å²) in [5.41, 5.74) is 6.82. The first kappa shape index (κ1) is 17.1. The molecule has 0 aliphatic rings. The van der Waals surface area contributed by atoms with Crippen LogP contribution < -0.4 is 5.73 Å². The molecule has 0 aliphatic heterocycles. The fraction of sp³-hybridized carbons (Fsp3) is 0.0500. The van der Waals surface area contributed by atoms with Crippen molar-refractivity contribution >= 4 is 27.7 Å². The van der Waals surface area contributed by atoms with Crippen molar-refractivity contribution in [2.75, 3.05) is 0 Å². The zero-order valence-electron chi connectivity index (χ0n) is 13.8. The number of aromatic nitrogens is 1. The van der Waals surface area contributed by atoms with Crippen LogP contribution in [0.3, 0.4) is 0 Å². The van der Waals surface area contributed by atoms with Gasteiger partial charge in [-0.15, -0.1) is 0 Å². The lowest BCUT2D eigenvalue weighted by atomic mass is 10.1. The normalized spacial score (nSPS) is 11.4. The monoisotopic (exact) mass is 372 g/mol. The van der Waals surface area contributed by atoms with Gasteiger partial charge < -0.3 is 10.3 Å². The zero-order valence-corrected chi connectivity index (χ0v) is 13.8. The molecule has 1 amide bonds. The van der Waals surface area contributed by atoms with Crippen molar-refractivity contribution in [3.05, 3.63) is 82.9 Å². The molecule has 7 heteroatoms. The Hall–Kier alpha value is -3.35. The molecule has 0 fully saturated rings. The third-order valence-corrected chi connectivity index (χ3v) is 4.50. The average molecular weight is 372 g/mol. The second-order valence-electron chi connectivity index (χ2n) is 6.19. The Bertz CT molecular complexity index is 1210. The maximum Gasteiger partial charge on any atom is 0.249 e. The third-order valence-electron chi connectivity index (χ3n) is 4.50. The van der Waals surface area contributed by atoms with E-state index < -0.39 is 29.2 Å². The topological polar surface area (TPSA) is 48.0 Å². The predicted octanol–water partition coefficient (Wildman–Crippen LogP) is 4.50. The van der Waals surface area contributed by atoms with E-state index in [-0.39, 0.29) is 17.7 Å². The fourth-order valence-electron chi connectivity index (χ4n) is 3.37. The quantitative estimate of drug-likeness (QED) is 0.418. The van der Waals surface area contributed by atoms with Gasteiger partial charge in [-0.05, 0) is 48.0 Å². The molecule has 0 spiro atoms. The van der Waals surface area contributed by atoms with Crippen molar-refractivity contribution in [1.29, 1.82) is 0 Å². The van der Waals surface area contributed by atoms with Gasteiger partial charge >= 0.3 is 0 Å². The number of rotatable bonds is 3. The summed E-state index contributed by atoms with van der Waals surface area (Å²) in [6.07, 6.45) is 0. The van der Waals surface area contributed by atoms with Gasteiger partial charge in [-0.3, -0.25) is 4.79 Å². The van der Waals surface area contributed by atoms with Crippen LogP contribution in [0.5, 0.6) is 0 Å². The lowest BCUT2D eigenvalue weighted by molar-refractivity contribution is 0.100. The van der Waals surface area contributed by atoms with E-state index in [1.54, 1.807) is 22.8 Å². The lowest BCUT2D eigenvalue weighted by Crippen LogP contribution is -2.11. The minimum atomic E-state index is -1.55. The average Bonchev–Trinajstić information content (AvgIpc) is 2.92. The lowest BCUT2D eigenvalue weighted by Gasteiger charge is -2.09. The summed E-state index contributed by atoms with van der Waals surface area (Å²) in [7, 11) is 0. The number of hydrogen-bond acceptors (Lipinski definition) is 1. The number of amides is 1. The second-order valence-corrected chi connectivity index (χ2v) is 6.19. The number of halogens is 4. The molecular weight excluding hydrogens is 360 g/mol. The number of nitrogens with zero attached hydrogens (tertiary/aromatic N) is 1. The standard InChI is InChI=1S/C20H12F4N2O/c21-11-4-5-12-17(8-11)26(9-10-6-14(22)19(24)15(23)7-10)16-3-1-2-13(18(12)16)20(25)27/h1-8H,9H2,(H2,25,27). The van der Waals surface area contributed by atoms with Crippen LogP contribution in [0.2, 0.25) is 0 Å². The number of hydrogen-bond donors (Lipinski definition) is 1. The zero-order chi connectivity index (χ0) is 19.3. The summed E-state index contributed by atoms with van der Waals surface area (Å²) in [5.74, 6) is -5.33. The molecule has 3 aromatic carbocycles. The van der Waals surface area contributed by atoms with Crippen LogP contribution in [0, 0.1) is 23.3 Å². The minimum absolute atomic E-state index is 0.0558. The highest BCUT2D eigenvalue weighted by atomic mass is 19.2. The molecule has 3 nitrogen and oxygen atoms in total. The SMILES string of the molecule is NC(=O)c1cccc2c1c1ccc(F)cc1n2Cc1cc(F)c(F)c(F)c1. The Kier molecular flexibility index (Phi) is 3.87. The smallest absolute Gasteiger partial charge is 0.249 e. The van der Waals surface area contributed by atoms with Crippen LogP contribution >= 0.6 is 0 Å². The summed E-state index contributed by atoms with van der Waals surface area (Å²) in [6.45, 7) is -0.0558. The predicted molar refractivity (Wildman–Crippen MR) is 93.3 cm³/mol. The molecule has 27 heavy (non-hydrogen) atoms. The summed E-state index contributed by atoms with van der Waals surface area (Å²) in [5, 5.41) is 1.09. The first-order valence-electron chi connectivity index (χ1n) is 8.00. The Morgan fingerprint density at radius 1 is 0.926 bits per heavy atom.